The SMILES string of the molecule is COc1cc(Nc2ncnc3scc(-c4ccccc4)c23)c(Cl)cc1C(=O)O. The number of hydrogen-bond donors (Lipinski definition) is 2. The number of benzene rings is 2. The highest BCUT2D eigenvalue weighted by Gasteiger charge is 2.18. The minimum Gasteiger partial charge on any atom is -0.496 e. The van der Waals surface area contributed by atoms with Crippen LogP contribution < -0.4 is 10.1 Å². The predicted molar refractivity (Wildman–Crippen MR) is 111 cm³/mol. The van der Waals surface area contributed by atoms with Gasteiger partial charge in [-0.2, -0.15) is 0 Å². The van der Waals surface area contributed by atoms with Crippen LogP contribution in [0.15, 0.2) is 54.2 Å². The van der Waals surface area contributed by atoms with Crippen LogP contribution in [-0.4, -0.2) is 28.2 Å². The number of aromatic nitrogens is 2. The van der Waals surface area contributed by atoms with Gasteiger partial charge in [0, 0.05) is 17.0 Å². The molecule has 0 aliphatic rings. The van der Waals surface area contributed by atoms with Crippen molar-refractivity contribution in [2.75, 3.05) is 12.4 Å². The van der Waals surface area contributed by atoms with E-state index in [1.807, 2.05) is 35.7 Å². The molecule has 28 heavy (non-hydrogen) atoms. The number of aromatic carboxylic acids is 1. The van der Waals surface area contributed by atoms with Crippen LogP contribution in [0.3, 0.4) is 0 Å². The monoisotopic (exact) mass is 411 g/mol. The number of methoxy groups -OCH3 is 1. The van der Waals surface area contributed by atoms with Gasteiger partial charge < -0.3 is 15.2 Å². The summed E-state index contributed by atoms with van der Waals surface area (Å²) < 4.78 is 5.20. The summed E-state index contributed by atoms with van der Waals surface area (Å²) in [7, 11) is 1.41. The summed E-state index contributed by atoms with van der Waals surface area (Å²) in [5, 5.41) is 15.7. The molecule has 6 nitrogen and oxygen atoms in total. The molecule has 2 heterocycles. The van der Waals surface area contributed by atoms with Gasteiger partial charge >= 0.3 is 5.97 Å². The average Bonchev–Trinajstić information content (AvgIpc) is 3.15. The van der Waals surface area contributed by atoms with Crippen LogP contribution in [0, 0.1) is 0 Å². The third-order valence-corrected chi connectivity index (χ3v) is 5.43. The topological polar surface area (TPSA) is 84.3 Å². The van der Waals surface area contributed by atoms with Gasteiger partial charge in [-0.3, -0.25) is 0 Å². The van der Waals surface area contributed by atoms with Crippen LogP contribution in [0.25, 0.3) is 21.3 Å². The zero-order chi connectivity index (χ0) is 19.7. The van der Waals surface area contributed by atoms with Crippen molar-refractivity contribution in [1.82, 2.24) is 9.97 Å². The van der Waals surface area contributed by atoms with Crippen molar-refractivity contribution in [3.05, 3.63) is 64.8 Å². The lowest BCUT2D eigenvalue weighted by atomic mass is 10.1. The van der Waals surface area contributed by atoms with Crippen LogP contribution in [0.5, 0.6) is 5.75 Å². The molecule has 0 aliphatic heterocycles. The lowest BCUT2D eigenvalue weighted by molar-refractivity contribution is 0.0693. The Morgan fingerprint density at radius 3 is 2.71 bits per heavy atom. The average molecular weight is 412 g/mol. The minimum absolute atomic E-state index is 0.00797. The summed E-state index contributed by atoms with van der Waals surface area (Å²) in [6.07, 6.45) is 1.48. The highest BCUT2D eigenvalue weighted by Crippen LogP contribution is 2.39. The van der Waals surface area contributed by atoms with E-state index in [9.17, 15) is 9.90 Å². The summed E-state index contributed by atoms with van der Waals surface area (Å²) >= 11 is 7.84. The maximum absolute atomic E-state index is 11.4. The smallest absolute Gasteiger partial charge is 0.339 e. The van der Waals surface area contributed by atoms with Gasteiger partial charge in [0.1, 0.15) is 28.3 Å². The zero-order valence-electron chi connectivity index (χ0n) is 14.6. The number of halogens is 1. The first-order chi connectivity index (χ1) is 13.6. The highest BCUT2D eigenvalue weighted by atomic mass is 35.5. The number of thiophene rings is 1. The van der Waals surface area contributed by atoms with Crippen molar-refractivity contribution in [1.29, 1.82) is 0 Å². The van der Waals surface area contributed by atoms with E-state index in [0.717, 1.165) is 21.3 Å². The Balaban J connectivity index is 1.83. The molecule has 2 aromatic heterocycles. The van der Waals surface area contributed by atoms with E-state index >= 15 is 0 Å². The van der Waals surface area contributed by atoms with Gasteiger partial charge in [0.15, 0.2) is 0 Å². The van der Waals surface area contributed by atoms with Crippen LogP contribution >= 0.6 is 22.9 Å². The van der Waals surface area contributed by atoms with E-state index in [2.05, 4.69) is 15.3 Å². The molecule has 0 unspecified atom stereocenters. The van der Waals surface area contributed by atoms with E-state index in [1.165, 1.54) is 30.8 Å². The number of hydrogen-bond acceptors (Lipinski definition) is 6. The van der Waals surface area contributed by atoms with Gasteiger partial charge in [-0.25, -0.2) is 14.8 Å². The number of carboxylic acids is 1. The Labute approximate surface area is 169 Å². The number of ether oxygens (including phenoxy) is 1. The second kappa shape index (κ2) is 7.46. The highest BCUT2D eigenvalue weighted by molar-refractivity contribution is 7.17. The summed E-state index contributed by atoms with van der Waals surface area (Å²) in [5.41, 5.74) is 2.55. The Kier molecular flexibility index (Phi) is 4.85. The molecular weight excluding hydrogens is 398 g/mol. The Morgan fingerprint density at radius 1 is 1.21 bits per heavy atom. The molecule has 140 valence electrons. The number of carboxylic acid groups (broad SMARTS) is 1. The molecule has 0 fully saturated rings. The van der Waals surface area contributed by atoms with E-state index in [-0.39, 0.29) is 16.3 Å². The van der Waals surface area contributed by atoms with Crippen molar-refractivity contribution in [3.63, 3.8) is 0 Å². The molecule has 0 amide bonds. The molecule has 0 aliphatic carbocycles. The maximum atomic E-state index is 11.4. The van der Waals surface area contributed by atoms with Crippen molar-refractivity contribution in [2.24, 2.45) is 0 Å². The molecule has 0 radical (unpaired) electrons. The third kappa shape index (κ3) is 3.26. The quantitative estimate of drug-likeness (QED) is 0.453. The Morgan fingerprint density at radius 2 is 2.00 bits per heavy atom. The molecule has 0 saturated carbocycles. The Bertz CT molecular complexity index is 1180. The maximum Gasteiger partial charge on any atom is 0.339 e. The molecule has 4 rings (SSSR count). The predicted octanol–water partition coefficient (Wildman–Crippen LogP) is 5.46. The first-order valence-electron chi connectivity index (χ1n) is 8.24. The summed E-state index contributed by atoms with van der Waals surface area (Å²) in [6, 6.07) is 12.9. The number of anilines is 2. The van der Waals surface area contributed by atoms with Crippen LogP contribution in [-0.2, 0) is 0 Å². The van der Waals surface area contributed by atoms with Crippen molar-refractivity contribution in [3.8, 4) is 16.9 Å². The standard InChI is InChI=1S/C20H14ClN3O3S/c1-27-16-8-15(14(21)7-12(16)20(25)26)24-18-17-13(11-5-3-2-4-6-11)9-28-19(17)23-10-22-18/h2-10H,1H3,(H,25,26)(H,22,23,24). The van der Waals surface area contributed by atoms with E-state index in [1.54, 1.807) is 6.07 Å². The van der Waals surface area contributed by atoms with Crippen LogP contribution in [0.2, 0.25) is 5.02 Å². The number of carbonyl (C=O) groups is 1. The van der Waals surface area contributed by atoms with Gasteiger partial charge in [0.2, 0.25) is 0 Å². The van der Waals surface area contributed by atoms with Crippen molar-refractivity contribution < 1.29 is 14.6 Å². The molecule has 2 N–H and O–H groups in total. The molecule has 0 spiro atoms. The molecule has 2 aromatic carbocycles. The molecule has 8 heteroatoms. The fourth-order valence-electron chi connectivity index (χ4n) is 2.91. The second-order valence-corrected chi connectivity index (χ2v) is 7.15. The number of nitrogens with zero attached hydrogens (tertiary/aromatic N) is 2. The Hall–Kier alpha value is -3.16. The minimum atomic E-state index is -1.11. The molecular formula is C20H14ClN3O3S. The molecule has 4 aromatic rings. The van der Waals surface area contributed by atoms with Gasteiger partial charge in [-0.15, -0.1) is 11.3 Å². The van der Waals surface area contributed by atoms with Crippen LogP contribution in [0.1, 0.15) is 10.4 Å². The van der Waals surface area contributed by atoms with E-state index in [0.29, 0.717) is 11.5 Å². The van der Waals surface area contributed by atoms with Gasteiger partial charge in [-0.1, -0.05) is 41.9 Å². The molecule has 0 saturated heterocycles. The number of rotatable bonds is 5. The van der Waals surface area contributed by atoms with Crippen LogP contribution in [0.4, 0.5) is 11.5 Å². The normalized spacial score (nSPS) is 10.8. The summed E-state index contributed by atoms with van der Waals surface area (Å²) in [5.74, 6) is -0.325. The largest absolute Gasteiger partial charge is 0.496 e. The number of fused-ring (bicyclic) bond motifs is 1. The number of nitrogens with one attached hydrogen (secondary N) is 1. The van der Waals surface area contributed by atoms with Crippen molar-refractivity contribution >= 4 is 50.6 Å². The van der Waals surface area contributed by atoms with Gasteiger partial charge in [-0.05, 0) is 11.6 Å². The first-order valence-corrected chi connectivity index (χ1v) is 9.49. The fourth-order valence-corrected chi connectivity index (χ4v) is 4.04. The lowest BCUT2D eigenvalue weighted by Crippen LogP contribution is -2.03. The summed E-state index contributed by atoms with van der Waals surface area (Å²) in [4.78, 5) is 20.9. The molecule has 0 bridgehead atoms. The molecule has 0 atom stereocenters. The summed E-state index contributed by atoms with van der Waals surface area (Å²) in [6.45, 7) is 0. The van der Waals surface area contributed by atoms with Gasteiger partial charge in [0.05, 0.1) is 23.2 Å². The fraction of sp³-hybridized carbons (Fsp3) is 0.0500. The van der Waals surface area contributed by atoms with Gasteiger partial charge in [0.25, 0.3) is 0 Å². The second-order valence-electron chi connectivity index (χ2n) is 5.88. The first kappa shape index (κ1) is 18.2. The lowest BCUT2D eigenvalue weighted by Gasteiger charge is -2.13. The third-order valence-electron chi connectivity index (χ3n) is 4.23. The van der Waals surface area contributed by atoms with E-state index in [4.69, 9.17) is 16.3 Å². The van der Waals surface area contributed by atoms with Crippen molar-refractivity contribution in [2.45, 2.75) is 0 Å². The zero-order valence-corrected chi connectivity index (χ0v) is 16.2. The van der Waals surface area contributed by atoms with E-state index < -0.39 is 5.97 Å².